The van der Waals surface area contributed by atoms with Crippen LogP contribution in [0.4, 0.5) is 4.79 Å². The molecule has 0 atom stereocenters. The fourth-order valence-electron chi connectivity index (χ4n) is 6.33. The Labute approximate surface area is 308 Å². The second kappa shape index (κ2) is 14.4. The van der Waals surface area contributed by atoms with Gasteiger partial charge < -0.3 is 28.6 Å². The van der Waals surface area contributed by atoms with Gasteiger partial charge in [0.25, 0.3) is 0 Å². The van der Waals surface area contributed by atoms with E-state index in [2.05, 4.69) is 15.8 Å². The Morgan fingerprint density at radius 1 is 0.574 bits per heavy atom. The first kappa shape index (κ1) is 33.3. The lowest BCUT2D eigenvalue weighted by Crippen LogP contribution is -2.37. The SMILES string of the molecule is CCOC(=O)N1CCOCCOc2cc3c(cc2OCCOCC1)C1=NC3=NC2=NC(=NC3=NC(=NC4=NC(=N1)c1ccccc14)NN3)c1ccccc12. The average Bonchev–Trinajstić information content (AvgIpc) is 3.95. The smallest absolute Gasteiger partial charge is 0.409 e. The van der Waals surface area contributed by atoms with E-state index in [4.69, 9.17) is 58.6 Å². The Balaban J connectivity index is 1.12. The second-order valence-corrected chi connectivity index (χ2v) is 12.3. The van der Waals surface area contributed by atoms with Crippen molar-refractivity contribution in [2.24, 2.45) is 39.9 Å². The number of carbonyl (C=O) groups excluding carboxylic acids is 1. The van der Waals surface area contributed by atoms with E-state index in [9.17, 15) is 4.79 Å². The van der Waals surface area contributed by atoms with Gasteiger partial charge in [0, 0.05) is 46.5 Å². The van der Waals surface area contributed by atoms with Crippen molar-refractivity contribution < 1.29 is 28.5 Å². The van der Waals surface area contributed by atoms with Crippen molar-refractivity contribution >= 4 is 53.0 Å². The Bertz CT molecular complexity index is 2310. The monoisotopic (exact) mass is 727 g/mol. The molecule has 0 aromatic heterocycles. The summed E-state index contributed by atoms with van der Waals surface area (Å²) in [7, 11) is 0. The van der Waals surface area contributed by atoms with E-state index in [1.54, 1.807) is 11.8 Å². The van der Waals surface area contributed by atoms with Crippen LogP contribution < -0.4 is 20.3 Å². The largest absolute Gasteiger partial charge is 0.487 e. The normalized spacial score (nSPS) is 18.9. The number of fused-ring (bicyclic) bond motifs is 14. The van der Waals surface area contributed by atoms with Crippen LogP contribution in [0.25, 0.3) is 0 Å². The summed E-state index contributed by atoms with van der Waals surface area (Å²) in [6, 6.07) is 19.1. The molecule has 6 aliphatic rings. The number of hydrogen-bond donors (Lipinski definition) is 2. The van der Waals surface area contributed by atoms with E-state index in [1.165, 1.54) is 0 Å². The van der Waals surface area contributed by atoms with E-state index < -0.39 is 6.09 Å². The zero-order valence-corrected chi connectivity index (χ0v) is 29.1. The number of nitrogens with one attached hydrogen (secondary N) is 2. The summed E-state index contributed by atoms with van der Waals surface area (Å²) in [5, 5.41) is 0. The molecule has 6 heterocycles. The van der Waals surface area contributed by atoms with Crippen molar-refractivity contribution in [2.75, 3.05) is 59.3 Å². The van der Waals surface area contributed by atoms with Crippen molar-refractivity contribution in [1.82, 2.24) is 15.8 Å². The molecule has 8 bridgehead atoms. The van der Waals surface area contributed by atoms with Gasteiger partial charge in [-0.2, -0.15) is 15.0 Å². The highest BCUT2D eigenvalue weighted by Crippen LogP contribution is 2.36. The third-order valence-corrected chi connectivity index (χ3v) is 8.87. The predicted molar refractivity (Wildman–Crippen MR) is 201 cm³/mol. The quantitative estimate of drug-likeness (QED) is 0.383. The first-order chi connectivity index (χ1) is 26.6. The van der Waals surface area contributed by atoms with Gasteiger partial charge in [0.15, 0.2) is 46.5 Å². The van der Waals surface area contributed by atoms with Crippen molar-refractivity contribution in [3.63, 3.8) is 0 Å². The predicted octanol–water partition coefficient (Wildman–Crippen LogP) is 2.70. The number of rotatable bonds is 1. The van der Waals surface area contributed by atoms with E-state index in [1.807, 2.05) is 60.7 Å². The van der Waals surface area contributed by atoms with Gasteiger partial charge in [-0.3, -0.25) is 10.9 Å². The van der Waals surface area contributed by atoms with Crippen LogP contribution in [-0.2, 0) is 14.2 Å². The van der Waals surface area contributed by atoms with Crippen LogP contribution in [0.5, 0.6) is 11.5 Å². The van der Waals surface area contributed by atoms with Crippen molar-refractivity contribution in [1.29, 1.82) is 0 Å². The maximum atomic E-state index is 12.4. The molecule has 17 nitrogen and oxygen atoms in total. The highest BCUT2D eigenvalue weighted by atomic mass is 16.6. The number of hydrogen-bond acceptors (Lipinski definition) is 16. The molecule has 0 aliphatic carbocycles. The first-order valence-electron chi connectivity index (χ1n) is 17.5. The fourth-order valence-corrected chi connectivity index (χ4v) is 6.33. The van der Waals surface area contributed by atoms with E-state index in [-0.39, 0.29) is 45.0 Å². The minimum absolute atomic E-state index is 0.219. The molecule has 0 spiro atoms. The Kier molecular flexibility index (Phi) is 8.89. The minimum atomic E-state index is -0.410. The standard InChI is InChI=1S/C37H33N11O6/c1-2-52-37(49)48-11-13-50-15-17-53-27-19-25-26(20-28(27)54-18-16-51-14-12-48)34-41-30-22-8-4-6-10-24(22)32(39-30)44-36-45-35(46-47-36)43-31-23-9-5-3-7-21(23)29(38-31)40-33(25)42-34/h3-10,19-20H,2,11-18H2,1H3,(H2,38,39,40,41,42,43,44,45,46,47). The molecule has 0 saturated carbocycles. The molecule has 17 heteroatoms. The van der Waals surface area contributed by atoms with Gasteiger partial charge in [-0.05, 0) is 19.1 Å². The van der Waals surface area contributed by atoms with Crippen LogP contribution in [0, 0.1) is 0 Å². The molecule has 6 aliphatic heterocycles. The van der Waals surface area contributed by atoms with E-state index in [0.717, 1.165) is 22.3 Å². The number of hydrazine groups is 1. The lowest BCUT2D eigenvalue weighted by Gasteiger charge is -2.21. The number of amides is 1. The lowest BCUT2D eigenvalue weighted by molar-refractivity contribution is 0.0486. The zero-order chi connectivity index (χ0) is 36.4. The maximum absolute atomic E-state index is 12.4. The molecular weight excluding hydrogens is 694 g/mol. The van der Waals surface area contributed by atoms with Crippen molar-refractivity contribution in [3.8, 4) is 11.5 Å². The summed E-state index contributed by atoms with van der Waals surface area (Å²) in [4.78, 5) is 52.5. The highest BCUT2D eigenvalue weighted by Gasteiger charge is 2.31. The van der Waals surface area contributed by atoms with Crippen LogP contribution >= 0.6 is 0 Å². The van der Waals surface area contributed by atoms with Crippen molar-refractivity contribution in [2.45, 2.75) is 6.92 Å². The number of amidine groups is 6. The highest BCUT2D eigenvalue weighted by molar-refractivity contribution is 6.33. The molecule has 9 rings (SSSR count). The number of ether oxygens (including phenoxy) is 5. The molecule has 3 aromatic carbocycles. The lowest BCUT2D eigenvalue weighted by atomic mass is 10.1. The third kappa shape index (κ3) is 6.50. The van der Waals surface area contributed by atoms with Crippen LogP contribution in [-0.4, -0.2) is 117 Å². The summed E-state index contributed by atoms with van der Waals surface area (Å²) >= 11 is 0. The summed E-state index contributed by atoms with van der Waals surface area (Å²) in [5.41, 5.74) is 10.4. The fraction of sp³-hybridized carbons (Fsp3) is 0.270. The molecule has 272 valence electrons. The third-order valence-electron chi connectivity index (χ3n) is 8.87. The molecule has 0 fully saturated rings. The van der Waals surface area contributed by atoms with Crippen LogP contribution in [0.2, 0.25) is 0 Å². The number of guanidine groups is 2. The van der Waals surface area contributed by atoms with Gasteiger partial charge in [-0.25, -0.2) is 29.8 Å². The van der Waals surface area contributed by atoms with Gasteiger partial charge in [0.05, 0.1) is 33.0 Å². The summed E-state index contributed by atoms with van der Waals surface area (Å²) in [5.74, 6) is 3.99. The average molecular weight is 728 g/mol. The van der Waals surface area contributed by atoms with Gasteiger partial charge >= 0.3 is 6.09 Å². The molecule has 2 N–H and O–H groups in total. The topological polar surface area (TPSA) is 189 Å². The van der Waals surface area contributed by atoms with Gasteiger partial charge in [-0.1, -0.05) is 48.5 Å². The Morgan fingerprint density at radius 2 is 1.00 bits per heavy atom. The van der Waals surface area contributed by atoms with Crippen LogP contribution in [0.3, 0.4) is 0 Å². The Hall–Kier alpha value is -6.59. The molecule has 0 unspecified atom stereocenters. The van der Waals surface area contributed by atoms with Gasteiger partial charge in [0.2, 0.25) is 11.9 Å². The molecule has 54 heavy (non-hydrogen) atoms. The summed E-state index contributed by atoms with van der Waals surface area (Å²) in [6.45, 7) is 4.36. The van der Waals surface area contributed by atoms with E-state index in [0.29, 0.717) is 83.9 Å². The van der Waals surface area contributed by atoms with Crippen LogP contribution in [0.1, 0.15) is 40.3 Å². The molecule has 0 saturated heterocycles. The number of carbonyl (C=O) groups is 1. The first-order valence-corrected chi connectivity index (χ1v) is 17.5. The van der Waals surface area contributed by atoms with Gasteiger partial charge in [-0.15, -0.1) is 0 Å². The second-order valence-electron chi connectivity index (χ2n) is 12.3. The number of nitrogens with zero attached hydrogens (tertiary/aromatic N) is 9. The zero-order valence-electron chi connectivity index (χ0n) is 29.1. The molecule has 0 radical (unpaired) electrons. The Morgan fingerprint density at radius 3 is 1.48 bits per heavy atom. The molecule has 1 amide bonds. The minimum Gasteiger partial charge on any atom is -0.487 e. The maximum Gasteiger partial charge on any atom is 0.409 e. The summed E-state index contributed by atoms with van der Waals surface area (Å²) in [6.07, 6.45) is -0.410. The molecule has 3 aromatic rings. The van der Waals surface area contributed by atoms with Crippen molar-refractivity contribution in [3.05, 3.63) is 94.0 Å². The number of aliphatic imine (C=N–C) groups is 8. The molecular formula is C37H33N11O6. The number of benzene rings is 3. The van der Waals surface area contributed by atoms with Crippen LogP contribution in [0.15, 0.2) is 101 Å². The van der Waals surface area contributed by atoms with Gasteiger partial charge in [0.1, 0.15) is 13.2 Å². The van der Waals surface area contributed by atoms with E-state index >= 15 is 0 Å². The summed E-state index contributed by atoms with van der Waals surface area (Å²) < 4.78 is 29.3.